The summed E-state index contributed by atoms with van der Waals surface area (Å²) in [6.07, 6.45) is 18.2. The first-order chi connectivity index (χ1) is 14.3. The highest BCUT2D eigenvalue weighted by Crippen LogP contribution is 2.31. The number of hydrogen-bond acceptors (Lipinski definition) is 6. The Kier molecular flexibility index (Phi) is 7.00. The smallest absolute Gasteiger partial charge is 0.243 e. The molecule has 9 heteroatoms. The van der Waals surface area contributed by atoms with Gasteiger partial charge in [0, 0.05) is 11.9 Å². The number of aryl methyl sites for hydroxylation is 1. The average molecular weight is 428 g/mol. The molecule has 1 aliphatic carbocycles. The Morgan fingerprint density at radius 3 is 2.93 bits per heavy atom. The summed E-state index contributed by atoms with van der Waals surface area (Å²) >= 11 is 0. The van der Waals surface area contributed by atoms with Crippen molar-refractivity contribution in [1.82, 2.24) is 15.3 Å². The lowest BCUT2D eigenvalue weighted by Gasteiger charge is -2.18. The van der Waals surface area contributed by atoms with Crippen molar-refractivity contribution in [1.29, 1.82) is 0 Å². The van der Waals surface area contributed by atoms with Crippen molar-refractivity contribution in [3.05, 3.63) is 77.7 Å². The first-order valence-corrected chi connectivity index (χ1v) is 9.93. The Labute approximate surface area is 176 Å². The van der Waals surface area contributed by atoms with E-state index in [-0.39, 0.29) is 17.7 Å². The number of hydrazone groups is 1. The van der Waals surface area contributed by atoms with Gasteiger partial charge < -0.3 is 5.32 Å². The second-order valence-electron chi connectivity index (χ2n) is 6.89. The van der Waals surface area contributed by atoms with Gasteiger partial charge in [-0.05, 0) is 44.1 Å². The Balaban J connectivity index is 1.61. The van der Waals surface area contributed by atoms with E-state index in [0.717, 1.165) is 11.9 Å². The molecule has 0 bridgehead atoms. The van der Waals surface area contributed by atoms with Gasteiger partial charge in [-0.2, -0.15) is 5.10 Å². The molecule has 2 aliphatic rings. The molecule has 3 rings (SSSR count). The SMILES string of the molecule is Cc1nc(N/N=C/C2=NC=CC(NC3=CCC=CC(C(C)(F)P)=C3)C=C2)ncc1F. The highest BCUT2D eigenvalue weighted by Gasteiger charge is 2.21. The van der Waals surface area contributed by atoms with Crippen LogP contribution in [0.2, 0.25) is 0 Å². The van der Waals surface area contributed by atoms with E-state index in [0.29, 0.717) is 17.7 Å². The topological polar surface area (TPSA) is 74.6 Å². The van der Waals surface area contributed by atoms with Crippen LogP contribution in [-0.4, -0.2) is 33.3 Å². The van der Waals surface area contributed by atoms with Gasteiger partial charge in [-0.25, -0.2) is 24.2 Å². The van der Waals surface area contributed by atoms with Gasteiger partial charge in [0.15, 0.2) is 5.82 Å². The molecule has 0 saturated heterocycles. The van der Waals surface area contributed by atoms with Crippen LogP contribution in [0, 0.1) is 12.7 Å². The predicted octanol–water partition coefficient (Wildman–Crippen LogP) is 4.14. The van der Waals surface area contributed by atoms with Crippen LogP contribution in [0.25, 0.3) is 0 Å². The van der Waals surface area contributed by atoms with Crippen molar-refractivity contribution in [2.24, 2.45) is 10.1 Å². The molecular weight excluding hydrogens is 405 g/mol. The van der Waals surface area contributed by atoms with Gasteiger partial charge in [-0.1, -0.05) is 33.5 Å². The third-order valence-electron chi connectivity index (χ3n) is 4.25. The number of rotatable bonds is 6. The molecule has 0 radical (unpaired) electrons. The fourth-order valence-corrected chi connectivity index (χ4v) is 2.81. The number of aliphatic imine (C=N–C) groups is 1. The summed E-state index contributed by atoms with van der Waals surface area (Å²) in [6.45, 7) is 3.06. The molecule has 2 N–H and O–H groups in total. The number of nitrogens with one attached hydrogen (secondary N) is 2. The van der Waals surface area contributed by atoms with Crippen LogP contribution in [0.15, 0.2) is 76.3 Å². The van der Waals surface area contributed by atoms with Crippen LogP contribution in [0.5, 0.6) is 0 Å². The van der Waals surface area contributed by atoms with Crippen LogP contribution >= 0.6 is 9.24 Å². The van der Waals surface area contributed by atoms with E-state index in [1.165, 1.54) is 13.1 Å². The molecule has 0 saturated carbocycles. The van der Waals surface area contributed by atoms with Gasteiger partial charge >= 0.3 is 0 Å². The highest BCUT2D eigenvalue weighted by atomic mass is 31.0. The molecule has 6 nitrogen and oxygen atoms in total. The number of allylic oxidation sites excluding steroid dienone is 6. The van der Waals surface area contributed by atoms with Crippen molar-refractivity contribution in [2.45, 2.75) is 31.7 Å². The fraction of sp³-hybridized carbons (Fsp3) is 0.238. The van der Waals surface area contributed by atoms with Crippen LogP contribution in [0.1, 0.15) is 19.0 Å². The molecule has 1 aromatic rings. The lowest BCUT2D eigenvalue weighted by Crippen LogP contribution is -2.24. The minimum absolute atomic E-state index is 0.118. The number of hydrogen-bond donors (Lipinski definition) is 2. The zero-order chi connectivity index (χ0) is 21.6. The summed E-state index contributed by atoms with van der Waals surface area (Å²) in [7, 11) is 2.22. The molecule has 0 spiro atoms. The molecule has 1 aromatic heterocycles. The lowest BCUT2D eigenvalue weighted by atomic mass is 10.1. The van der Waals surface area contributed by atoms with Gasteiger partial charge in [0.25, 0.3) is 0 Å². The van der Waals surface area contributed by atoms with Gasteiger partial charge in [0.1, 0.15) is 5.41 Å². The van der Waals surface area contributed by atoms with E-state index in [4.69, 9.17) is 0 Å². The second-order valence-corrected chi connectivity index (χ2v) is 7.98. The maximum Gasteiger partial charge on any atom is 0.243 e. The van der Waals surface area contributed by atoms with Crippen LogP contribution in [0.4, 0.5) is 14.7 Å². The fourth-order valence-electron chi connectivity index (χ4n) is 2.63. The molecule has 156 valence electrons. The first kappa shape index (κ1) is 21.7. The van der Waals surface area contributed by atoms with Crippen molar-refractivity contribution in [3.8, 4) is 0 Å². The van der Waals surface area contributed by atoms with Crippen molar-refractivity contribution in [3.63, 3.8) is 0 Å². The normalized spacial score (nSPS) is 20.7. The summed E-state index contributed by atoms with van der Waals surface area (Å²) < 4.78 is 27.5. The Hall–Kier alpha value is -2.99. The van der Waals surface area contributed by atoms with Crippen molar-refractivity contribution in [2.75, 3.05) is 5.43 Å². The van der Waals surface area contributed by atoms with E-state index in [9.17, 15) is 8.78 Å². The number of aromatic nitrogens is 2. The third kappa shape index (κ3) is 6.26. The predicted molar refractivity (Wildman–Crippen MR) is 121 cm³/mol. The van der Waals surface area contributed by atoms with E-state index >= 15 is 0 Å². The standard InChI is InChI=1S/C21H23F2N6P/c1-14-19(22)13-25-20(27-14)29-26-12-18-8-7-16(9-10-24-18)28-17-6-4-3-5-15(11-17)21(2,23)30/h3,5-13,16,28H,4,30H2,1-2H3,(H,25,27,29)/b26-12+. The second kappa shape index (κ2) is 9.67. The summed E-state index contributed by atoms with van der Waals surface area (Å²) in [5.74, 6) is -0.275. The average Bonchev–Trinajstić information content (AvgIpc) is 3.06. The number of halogens is 2. The lowest BCUT2D eigenvalue weighted by molar-refractivity contribution is 0.372. The van der Waals surface area contributed by atoms with E-state index in [1.807, 2.05) is 30.4 Å². The monoisotopic (exact) mass is 428 g/mol. The minimum atomic E-state index is -1.50. The Morgan fingerprint density at radius 1 is 1.33 bits per heavy atom. The van der Waals surface area contributed by atoms with Gasteiger partial charge in [0.2, 0.25) is 5.95 Å². The molecule has 1 aliphatic heterocycles. The van der Waals surface area contributed by atoms with Crippen molar-refractivity contribution < 1.29 is 8.78 Å². The van der Waals surface area contributed by atoms with E-state index in [2.05, 4.69) is 40.0 Å². The molecule has 2 heterocycles. The molecular formula is C21H23F2N6P. The van der Waals surface area contributed by atoms with Gasteiger partial charge in [-0.3, -0.25) is 4.99 Å². The summed E-state index contributed by atoms with van der Waals surface area (Å²) in [5, 5.41) is 5.90. The van der Waals surface area contributed by atoms with Gasteiger partial charge in [0.05, 0.1) is 29.9 Å². The Morgan fingerprint density at radius 2 is 2.17 bits per heavy atom. The van der Waals surface area contributed by atoms with E-state index in [1.54, 1.807) is 25.3 Å². The zero-order valence-corrected chi connectivity index (χ0v) is 17.8. The quantitative estimate of drug-likeness (QED) is 0.406. The van der Waals surface area contributed by atoms with Crippen LogP contribution in [-0.2, 0) is 0 Å². The summed E-state index contributed by atoms with van der Waals surface area (Å²) in [4.78, 5) is 12.1. The van der Waals surface area contributed by atoms with Crippen LogP contribution < -0.4 is 10.7 Å². The first-order valence-electron chi connectivity index (χ1n) is 9.35. The largest absolute Gasteiger partial charge is 0.376 e. The summed E-state index contributed by atoms with van der Waals surface area (Å²) in [5.41, 5.74) is 4.91. The zero-order valence-electron chi connectivity index (χ0n) is 16.7. The number of alkyl halides is 1. The molecule has 3 unspecified atom stereocenters. The third-order valence-corrected chi connectivity index (χ3v) is 4.59. The number of anilines is 1. The Bertz CT molecular complexity index is 999. The maximum atomic E-state index is 14.3. The highest BCUT2D eigenvalue weighted by molar-refractivity contribution is 7.19. The molecule has 30 heavy (non-hydrogen) atoms. The molecule has 0 amide bonds. The van der Waals surface area contributed by atoms with E-state index < -0.39 is 11.2 Å². The number of nitrogens with zero attached hydrogens (tertiary/aromatic N) is 4. The summed E-state index contributed by atoms with van der Waals surface area (Å²) in [6, 6.07) is -0.118. The van der Waals surface area contributed by atoms with Gasteiger partial charge in [-0.15, -0.1) is 0 Å². The minimum Gasteiger partial charge on any atom is -0.376 e. The molecule has 0 aromatic carbocycles. The maximum absolute atomic E-state index is 14.3. The van der Waals surface area contributed by atoms with Crippen molar-refractivity contribution >= 4 is 27.1 Å². The van der Waals surface area contributed by atoms with Crippen LogP contribution in [0.3, 0.4) is 0 Å². The molecule has 0 fully saturated rings. The molecule has 3 atom stereocenters.